The van der Waals surface area contributed by atoms with Crippen molar-refractivity contribution in [3.8, 4) is 0 Å². The van der Waals surface area contributed by atoms with Gasteiger partial charge < -0.3 is 14.4 Å². The Morgan fingerprint density at radius 2 is 1.83 bits per heavy atom. The molecule has 2 rings (SSSR count). The minimum atomic E-state index is 0.545. The largest absolute Gasteiger partial charge is 0.382 e. The van der Waals surface area contributed by atoms with E-state index in [2.05, 4.69) is 14.9 Å². The lowest BCUT2D eigenvalue weighted by molar-refractivity contribution is 0.0614. The second-order valence-corrected chi connectivity index (χ2v) is 4.48. The molecule has 0 atom stereocenters. The molecule has 1 saturated heterocycles. The van der Waals surface area contributed by atoms with Crippen molar-refractivity contribution in [1.29, 1.82) is 0 Å². The number of nitrogens with zero attached hydrogens (tertiary/aromatic N) is 3. The van der Waals surface area contributed by atoms with Gasteiger partial charge in [0.1, 0.15) is 0 Å². The summed E-state index contributed by atoms with van der Waals surface area (Å²) in [5.41, 5.74) is 1.01. The Hall–Kier alpha value is -1.20. The molecule has 5 nitrogen and oxygen atoms in total. The van der Waals surface area contributed by atoms with E-state index in [1.807, 2.05) is 12.4 Å². The van der Waals surface area contributed by atoms with Gasteiger partial charge in [0.25, 0.3) is 0 Å². The highest BCUT2D eigenvalue weighted by Gasteiger charge is 2.12. The Kier molecular flexibility index (Phi) is 5.36. The number of hydrogen-bond acceptors (Lipinski definition) is 5. The molecule has 0 bridgehead atoms. The highest BCUT2D eigenvalue weighted by atomic mass is 16.5. The highest BCUT2D eigenvalue weighted by molar-refractivity contribution is 5.30. The van der Waals surface area contributed by atoms with Gasteiger partial charge in [0.15, 0.2) is 0 Å². The van der Waals surface area contributed by atoms with Crippen LogP contribution >= 0.6 is 0 Å². The van der Waals surface area contributed by atoms with Gasteiger partial charge in [0, 0.05) is 38.2 Å². The average molecular weight is 251 g/mol. The van der Waals surface area contributed by atoms with Crippen molar-refractivity contribution >= 4 is 5.95 Å². The quantitative estimate of drug-likeness (QED) is 0.719. The fourth-order valence-corrected chi connectivity index (χ4v) is 2.01. The fraction of sp³-hybridized carbons (Fsp3) is 0.692. The van der Waals surface area contributed by atoms with E-state index in [4.69, 9.17) is 9.47 Å². The summed E-state index contributed by atoms with van der Waals surface area (Å²) in [7, 11) is 1.67. The topological polar surface area (TPSA) is 47.5 Å². The molecule has 1 aliphatic rings. The number of rotatable bonds is 6. The average Bonchev–Trinajstić information content (AvgIpc) is 2.45. The molecule has 1 aliphatic heterocycles. The van der Waals surface area contributed by atoms with E-state index in [1.165, 1.54) is 19.3 Å². The first-order valence-corrected chi connectivity index (χ1v) is 6.52. The third-order valence-corrected chi connectivity index (χ3v) is 3.03. The standard InChI is InChI=1S/C13H21N3O2/c1-17-7-8-18-11-12-9-14-13(15-10-12)16-5-3-2-4-6-16/h9-10H,2-8,11H2,1H3. The third-order valence-electron chi connectivity index (χ3n) is 3.03. The molecule has 2 heterocycles. The number of anilines is 1. The molecule has 1 aromatic heterocycles. The zero-order valence-electron chi connectivity index (χ0n) is 11.0. The van der Waals surface area contributed by atoms with Crippen molar-refractivity contribution in [3.63, 3.8) is 0 Å². The minimum Gasteiger partial charge on any atom is -0.382 e. The van der Waals surface area contributed by atoms with Crippen LogP contribution in [0.4, 0.5) is 5.95 Å². The Balaban J connectivity index is 1.81. The van der Waals surface area contributed by atoms with Crippen molar-refractivity contribution in [3.05, 3.63) is 18.0 Å². The maximum absolute atomic E-state index is 5.43. The predicted octanol–water partition coefficient (Wildman–Crippen LogP) is 1.63. The van der Waals surface area contributed by atoms with Gasteiger partial charge in [-0.1, -0.05) is 0 Å². The number of aromatic nitrogens is 2. The van der Waals surface area contributed by atoms with Crippen molar-refractivity contribution in [2.45, 2.75) is 25.9 Å². The van der Waals surface area contributed by atoms with Gasteiger partial charge in [0.05, 0.1) is 19.8 Å². The lowest BCUT2D eigenvalue weighted by Crippen LogP contribution is -2.30. The van der Waals surface area contributed by atoms with Crippen LogP contribution < -0.4 is 4.90 Å². The SMILES string of the molecule is COCCOCc1cnc(N2CCCCC2)nc1. The summed E-state index contributed by atoms with van der Waals surface area (Å²) in [4.78, 5) is 11.1. The van der Waals surface area contributed by atoms with Gasteiger partial charge in [-0.2, -0.15) is 0 Å². The molecule has 0 amide bonds. The maximum atomic E-state index is 5.43. The van der Waals surface area contributed by atoms with Crippen LogP contribution in [0.1, 0.15) is 24.8 Å². The van der Waals surface area contributed by atoms with Gasteiger partial charge >= 0.3 is 0 Å². The van der Waals surface area contributed by atoms with Gasteiger partial charge in [-0.3, -0.25) is 0 Å². The van der Waals surface area contributed by atoms with Crippen LogP contribution in [0.25, 0.3) is 0 Å². The summed E-state index contributed by atoms with van der Waals surface area (Å²) < 4.78 is 10.3. The van der Waals surface area contributed by atoms with E-state index in [9.17, 15) is 0 Å². The van der Waals surface area contributed by atoms with Gasteiger partial charge in [-0.15, -0.1) is 0 Å². The monoisotopic (exact) mass is 251 g/mol. The lowest BCUT2D eigenvalue weighted by Gasteiger charge is -2.26. The number of ether oxygens (including phenoxy) is 2. The number of hydrogen-bond donors (Lipinski definition) is 0. The summed E-state index contributed by atoms with van der Waals surface area (Å²) in [5, 5.41) is 0. The zero-order valence-corrected chi connectivity index (χ0v) is 11.0. The Morgan fingerprint density at radius 1 is 1.11 bits per heavy atom. The smallest absolute Gasteiger partial charge is 0.225 e. The normalized spacial score (nSPS) is 15.9. The molecule has 100 valence electrons. The molecule has 0 unspecified atom stereocenters. The first kappa shape index (κ1) is 13.2. The summed E-state index contributed by atoms with van der Waals surface area (Å²) in [6.45, 7) is 3.91. The molecule has 0 radical (unpaired) electrons. The molecule has 1 fully saturated rings. The van der Waals surface area contributed by atoms with Gasteiger partial charge in [-0.25, -0.2) is 9.97 Å². The second-order valence-electron chi connectivity index (χ2n) is 4.48. The number of piperidine rings is 1. The van der Waals surface area contributed by atoms with Crippen LogP contribution in [0.3, 0.4) is 0 Å². The molecule has 0 spiro atoms. The van der Waals surface area contributed by atoms with Crippen LogP contribution in [0.15, 0.2) is 12.4 Å². The van der Waals surface area contributed by atoms with E-state index >= 15 is 0 Å². The van der Waals surface area contributed by atoms with Crippen LogP contribution in [0, 0.1) is 0 Å². The maximum Gasteiger partial charge on any atom is 0.225 e. The Labute approximate surface area is 108 Å². The molecule has 5 heteroatoms. The first-order chi connectivity index (χ1) is 8.90. The van der Waals surface area contributed by atoms with Gasteiger partial charge in [-0.05, 0) is 19.3 Å². The van der Waals surface area contributed by atoms with E-state index in [1.54, 1.807) is 7.11 Å². The molecule has 0 N–H and O–H groups in total. The molecule has 0 saturated carbocycles. The summed E-state index contributed by atoms with van der Waals surface area (Å²) >= 11 is 0. The summed E-state index contributed by atoms with van der Waals surface area (Å²) in [5.74, 6) is 0.843. The molecule has 1 aromatic rings. The van der Waals surface area contributed by atoms with Crippen LogP contribution in [-0.2, 0) is 16.1 Å². The fourth-order valence-electron chi connectivity index (χ4n) is 2.01. The Morgan fingerprint density at radius 3 is 2.50 bits per heavy atom. The minimum absolute atomic E-state index is 0.545. The third kappa shape index (κ3) is 3.92. The summed E-state index contributed by atoms with van der Waals surface area (Å²) in [6, 6.07) is 0. The van der Waals surface area contributed by atoms with E-state index in [0.717, 1.165) is 24.6 Å². The van der Waals surface area contributed by atoms with E-state index in [0.29, 0.717) is 19.8 Å². The number of methoxy groups -OCH3 is 1. The van der Waals surface area contributed by atoms with Crippen molar-refractivity contribution in [2.24, 2.45) is 0 Å². The van der Waals surface area contributed by atoms with Crippen molar-refractivity contribution in [2.75, 3.05) is 38.3 Å². The second kappa shape index (κ2) is 7.28. The van der Waals surface area contributed by atoms with Crippen LogP contribution in [-0.4, -0.2) is 43.4 Å². The molecule has 0 aliphatic carbocycles. The van der Waals surface area contributed by atoms with Crippen LogP contribution in [0.5, 0.6) is 0 Å². The first-order valence-electron chi connectivity index (χ1n) is 6.52. The lowest BCUT2D eigenvalue weighted by atomic mass is 10.1. The van der Waals surface area contributed by atoms with Gasteiger partial charge in [0.2, 0.25) is 5.95 Å². The Bertz CT molecular complexity index is 337. The zero-order chi connectivity index (χ0) is 12.6. The summed E-state index contributed by atoms with van der Waals surface area (Å²) in [6.07, 6.45) is 7.51. The van der Waals surface area contributed by atoms with Crippen molar-refractivity contribution in [1.82, 2.24) is 9.97 Å². The molecular weight excluding hydrogens is 230 g/mol. The molecule has 18 heavy (non-hydrogen) atoms. The van der Waals surface area contributed by atoms with Crippen LogP contribution in [0.2, 0.25) is 0 Å². The molecule has 0 aromatic carbocycles. The molecular formula is C13H21N3O2. The predicted molar refractivity (Wildman–Crippen MR) is 69.6 cm³/mol. The van der Waals surface area contributed by atoms with E-state index < -0.39 is 0 Å². The van der Waals surface area contributed by atoms with E-state index in [-0.39, 0.29) is 0 Å². The van der Waals surface area contributed by atoms with Crippen molar-refractivity contribution < 1.29 is 9.47 Å². The highest BCUT2D eigenvalue weighted by Crippen LogP contribution is 2.15.